The molecule has 0 spiro atoms. The summed E-state index contributed by atoms with van der Waals surface area (Å²) in [6.07, 6.45) is 0.564. The smallest absolute Gasteiger partial charge is 0.246 e. The third-order valence-electron chi connectivity index (χ3n) is 2.89. The number of nitriles is 1. The molecule has 1 atom stereocenters. The Kier molecular flexibility index (Phi) is 3.87. The van der Waals surface area contributed by atoms with E-state index in [0.717, 1.165) is 0 Å². The van der Waals surface area contributed by atoms with Gasteiger partial charge in [-0.15, -0.1) is 0 Å². The lowest BCUT2D eigenvalue weighted by molar-refractivity contribution is -0.122. The Bertz CT molecular complexity index is 460. The zero-order valence-corrected chi connectivity index (χ0v) is 10.4. The van der Waals surface area contributed by atoms with E-state index in [-0.39, 0.29) is 5.91 Å². The monoisotopic (exact) mass is 231 g/mol. The molecule has 0 saturated heterocycles. The Labute approximate surface area is 102 Å². The van der Waals surface area contributed by atoms with Crippen molar-refractivity contribution in [3.8, 4) is 6.07 Å². The summed E-state index contributed by atoms with van der Waals surface area (Å²) in [5, 5.41) is 8.81. The fourth-order valence-corrected chi connectivity index (χ4v) is 1.44. The maximum absolute atomic E-state index is 12.1. The topological polar surface area (TPSA) is 70.1 Å². The molecule has 0 heterocycles. The summed E-state index contributed by atoms with van der Waals surface area (Å²) in [5.74, 6) is -0.157. The summed E-state index contributed by atoms with van der Waals surface area (Å²) in [5.41, 5.74) is 6.24. The van der Waals surface area contributed by atoms with E-state index in [4.69, 9.17) is 11.0 Å². The first kappa shape index (κ1) is 13.2. The minimum absolute atomic E-state index is 0.157. The summed E-state index contributed by atoms with van der Waals surface area (Å²) in [6, 6.07) is 8.94. The molecule has 1 unspecified atom stereocenters. The zero-order valence-electron chi connectivity index (χ0n) is 10.4. The third kappa shape index (κ3) is 2.83. The molecule has 0 radical (unpaired) electrons. The highest BCUT2D eigenvalue weighted by atomic mass is 16.2. The average molecular weight is 231 g/mol. The van der Waals surface area contributed by atoms with E-state index in [0.29, 0.717) is 17.7 Å². The van der Waals surface area contributed by atoms with Gasteiger partial charge in [0.25, 0.3) is 0 Å². The second-order valence-electron chi connectivity index (χ2n) is 4.30. The molecule has 0 aliphatic heterocycles. The van der Waals surface area contributed by atoms with Gasteiger partial charge >= 0.3 is 0 Å². The van der Waals surface area contributed by atoms with Crippen molar-refractivity contribution in [1.82, 2.24) is 0 Å². The molecule has 17 heavy (non-hydrogen) atoms. The lowest BCUT2D eigenvalue weighted by Crippen LogP contribution is -2.51. The Balaban J connectivity index is 3.01. The van der Waals surface area contributed by atoms with Crippen LogP contribution >= 0.6 is 0 Å². The SMILES string of the molecule is CCC(C)(N)C(=O)N(C)c1cccc(C#N)c1. The summed E-state index contributed by atoms with van der Waals surface area (Å²) in [6.45, 7) is 3.58. The van der Waals surface area contributed by atoms with E-state index in [2.05, 4.69) is 0 Å². The highest BCUT2D eigenvalue weighted by molar-refractivity contribution is 5.99. The number of nitrogens with zero attached hydrogens (tertiary/aromatic N) is 2. The molecule has 0 aliphatic carbocycles. The average Bonchev–Trinajstić information content (AvgIpc) is 2.37. The Hall–Kier alpha value is -1.86. The molecule has 0 aromatic heterocycles. The van der Waals surface area contributed by atoms with Crippen LogP contribution in [-0.4, -0.2) is 18.5 Å². The molecule has 2 N–H and O–H groups in total. The largest absolute Gasteiger partial charge is 0.318 e. The number of benzene rings is 1. The Morgan fingerprint density at radius 2 is 2.24 bits per heavy atom. The van der Waals surface area contributed by atoms with Gasteiger partial charge in [-0.25, -0.2) is 0 Å². The van der Waals surface area contributed by atoms with Gasteiger partial charge in [-0.3, -0.25) is 4.79 Å². The highest BCUT2D eigenvalue weighted by Gasteiger charge is 2.29. The van der Waals surface area contributed by atoms with Crippen LogP contribution in [0.3, 0.4) is 0 Å². The number of hydrogen-bond donors (Lipinski definition) is 1. The van der Waals surface area contributed by atoms with Crippen molar-refractivity contribution in [3.63, 3.8) is 0 Å². The number of amides is 1. The normalized spacial score (nSPS) is 13.6. The molecule has 0 bridgehead atoms. The standard InChI is InChI=1S/C13H17N3O/c1-4-13(2,15)12(17)16(3)11-7-5-6-10(8-11)9-14/h5-8H,4,15H2,1-3H3. The van der Waals surface area contributed by atoms with E-state index in [1.54, 1.807) is 38.2 Å². The van der Waals surface area contributed by atoms with Crippen molar-refractivity contribution in [3.05, 3.63) is 29.8 Å². The van der Waals surface area contributed by atoms with Crippen LogP contribution < -0.4 is 10.6 Å². The number of carbonyl (C=O) groups is 1. The first-order valence-corrected chi connectivity index (χ1v) is 5.49. The van der Waals surface area contributed by atoms with E-state index in [9.17, 15) is 4.79 Å². The molecule has 90 valence electrons. The van der Waals surface area contributed by atoms with Crippen LogP contribution in [0.4, 0.5) is 5.69 Å². The number of rotatable bonds is 3. The van der Waals surface area contributed by atoms with Gasteiger partial charge in [-0.1, -0.05) is 13.0 Å². The van der Waals surface area contributed by atoms with Crippen molar-refractivity contribution in [1.29, 1.82) is 5.26 Å². The molecule has 0 aliphatic rings. The fourth-order valence-electron chi connectivity index (χ4n) is 1.44. The third-order valence-corrected chi connectivity index (χ3v) is 2.89. The summed E-state index contributed by atoms with van der Waals surface area (Å²) >= 11 is 0. The summed E-state index contributed by atoms with van der Waals surface area (Å²) in [7, 11) is 1.67. The van der Waals surface area contributed by atoms with Crippen LogP contribution in [0, 0.1) is 11.3 Å². The second kappa shape index (κ2) is 4.98. The number of likely N-dealkylation sites (N-methyl/N-ethyl adjacent to an activating group) is 1. The molecule has 4 heteroatoms. The van der Waals surface area contributed by atoms with E-state index >= 15 is 0 Å². The molecule has 4 nitrogen and oxygen atoms in total. The molecule has 1 amide bonds. The summed E-state index contributed by atoms with van der Waals surface area (Å²) in [4.78, 5) is 13.6. The minimum atomic E-state index is -0.878. The molecule has 0 saturated carbocycles. The van der Waals surface area contributed by atoms with Crippen LogP contribution in [0.5, 0.6) is 0 Å². The van der Waals surface area contributed by atoms with Gasteiger partial charge in [0.05, 0.1) is 17.2 Å². The van der Waals surface area contributed by atoms with Crippen LogP contribution in [0.2, 0.25) is 0 Å². The number of nitrogens with two attached hydrogens (primary N) is 1. The van der Waals surface area contributed by atoms with Crippen molar-refractivity contribution >= 4 is 11.6 Å². The van der Waals surface area contributed by atoms with Gasteiger partial charge in [-0.2, -0.15) is 5.26 Å². The Morgan fingerprint density at radius 1 is 1.59 bits per heavy atom. The number of hydrogen-bond acceptors (Lipinski definition) is 3. The van der Waals surface area contributed by atoms with Crippen LogP contribution in [0.25, 0.3) is 0 Å². The molecule has 1 aromatic rings. The van der Waals surface area contributed by atoms with Gasteiger partial charge in [0.1, 0.15) is 0 Å². The van der Waals surface area contributed by atoms with Crippen LogP contribution in [0.1, 0.15) is 25.8 Å². The molecule has 1 aromatic carbocycles. The van der Waals surface area contributed by atoms with Crippen molar-refractivity contribution in [2.45, 2.75) is 25.8 Å². The van der Waals surface area contributed by atoms with E-state index < -0.39 is 5.54 Å². The first-order valence-electron chi connectivity index (χ1n) is 5.49. The highest BCUT2D eigenvalue weighted by Crippen LogP contribution is 2.18. The minimum Gasteiger partial charge on any atom is -0.318 e. The van der Waals surface area contributed by atoms with E-state index in [1.807, 2.05) is 13.0 Å². The maximum Gasteiger partial charge on any atom is 0.246 e. The molecule has 0 fully saturated rings. The van der Waals surface area contributed by atoms with Crippen molar-refractivity contribution in [2.24, 2.45) is 5.73 Å². The fraction of sp³-hybridized carbons (Fsp3) is 0.385. The van der Waals surface area contributed by atoms with Crippen molar-refractivity contribution in [2.75, 3.05) is 11.9 Å². The predicted octanol–water partition coefficient (Wildman–Crippen LogP) is 1.65. The first-order chi connectivity index (χ1) is 7.92. The molecular weight excluding hydrogens is 214 g/mol. The van der Waals surface area contributed by atoms with Gasteiger partial charge < -0.3 is 10.6 Å². The van der Waals surface area contributed by atoms with Crippen LogP contribution in [0.15, 0.2) is 24.3 Å². The van der Waals surface area contributed by atoms with Crippen LogP contribution in [-0.2, 0) is 4.79 Å². The van der Waals surface area contributed by atoms with Gasteiger partial charge in [0, 0.05) is 12.7 Å². The van der Waals surface area contributed by atoms with Crippen molar-refractivity contribution < 1.29 is 4.79 Å². The Morgan fingerprint density at radius 3 is 2.76 bits per heavy atom. The maximum atomic E-state index is 12.1. The van der Waals surface area contributed by atoms with Gasteiger partial charge in [0.2, 0.25) is 5.91 Å². The van der Waals surface area contributed by atoms with E-state index in [1.165, 1.54) is 4.90 Å². The number of anilines is 1. The quantitative estimate of drug-likeness (QED) is 0.859. The predicted molar refractivity (Wildman–Crippen MR) is 67.5 cm³/mol. The number of carbonyl (C=O) groups excluding carboxylic acids is 1. The lowest BCUT2D eigenvalue weighted by atomic mass is 9.98. The summed E-state index contributed by atoms with van der Waals surface area (Å²) < 4.78 is 0. The second-order valence-corrected chi connectivity index (χ2v) is 4.30. The zero-order chi connectivity index (χ0) is 13.1. The molecule has 1 rings (SSSR count). The lowest BCUT2D eigenvalue weighted by Gasteiger charge is -2.28. The van der Waals surface area contributed by atoms with Gasteiger partial charge in [-0.05, 0) is 31.5 Å². The van der Waals surface area contributed by atoms with Gasteiger partial charge in [0.15, 0.2) is 0 Å². The molecular formula is C13H17N3O.